The number of amides is 1. The number of rotatable bonds is 7. The number of benzene rings is 1. The lowest BCUT2D eigenvalue weighted by Crippen LogP contribution is -2.42. The van der Waals surface area contributed by atoms with Crippen LogP contribution in [0.2, 0.25) is 0 Å². The average molecular weight is 644 g/mol. The largest absolute Gasteiger partial charge is 0.417 e. The Hall–Kier alpha value is -2.02. The predicted octanol–water partition coefficient (Wildman–Crippen LogP) is 7.23. The molecule has 0 atom stereocenters. The van der Waals surface area contributed by atoms with Crippen LogP contribution in [-0.2, 0) is 32.8 Å². The molecule has 240 valence electrons. The summed E-state index contributed by atoms with van der Waals surface area (Å²) in [5, 5.41) is 3.21. The topological polar surface area (TPSA) is 97.4 Å². The Morgan fingerprint density at radius 3 is 2.14 bits per heavy atom. The van der Waals surface area contributed by atoms with Crippen molar-refractivity contribution in [2.24, 2.45) is 5.92 Å². The molecule has 1 aliphatic heterocycles. The number of carbonyl (C=O) groups is 1. The van der Waals surface area contributed by atoms with E-state index in [1.165, 1.54) is 0 Å². The second kappa shape index (κ2) is 12.8. The molecular weight excluding hydrogens is 599 g/mol. The highest BCUT2D eigenvalue weighted by Crippen LogP contribution is 2.45. The number of alkyl halides is 3. The molecule has 1 aromatic carbocycles. The van der Waals surface area contributed by atoms with Gasteiger partial charge in [-0.2, -0.15) is 13.2 Å². The number of hydrogen-bond acceptors (Lipinski definition) is 6. The number of aromatic nitrogens is 1. The minimum Gasteiger partial charge on any atom is -0.381 e. The molecule has 0 spiro atoms. The molecule has 43 heavy (non-hydrogen) atoms. The van der Waals surface area contributed by atoms with Gasteiger partial charge in [-0.15, -0.1) is 11.3 Å². The lowest BCUT2D eigenvalue weighted by Gasteiger charge is -2.29. The standard InChI is InChI=1S/C31H44F3N3O4S2/c1-29(2,3)22-17-20(18-23(31(32,33)34)26(22)43(39,40)37-30(4,5)6)25-24(16-19-10-8-7-9-11-19)36-28(42-25)27(38)35-21-12-14-41-15-13-21/h17-19,21,37H,7-16H2,1-6H3,(H,35,38). The Kier molecular flexibility index (Phi) is 10.1. The van der Waals surface area contributed by atoms with Crippen molar-refractivity contribution in [2.45, 2.75) is 121 Å². The minimum absolute atomic E-state index is 0.0549. The van der Waals surface area contributed by atoms with Crippen LogP contribution < -0.4 is 10.0 Å². The summed E-state index contributed by atoms with van der Waals surface area (Å²) in [6, 6.07) is 2.41. The number of nitrogens with zero attached hydrogens (tertiary/aromatic N) is 1. The Morgan fingerprint density at radius 1 is 0.977 bits per heavy atom. The van der Waals surface area contributed by atoms with E-state index in [0.717, 1.165) is 49.5 Å². The zero-order valence-corrected chi connectivity index (χ0v) is 27.5. The van der Waals surface area contributed by atoms with Crippen LogP contribution in [-0.4, -0.2) is 44.1 Å². The molecule has 7 nitrogen and oxygen atoms in total. The monoisotopic (exact) mass is 643 g/mol. The van der Waals surface area contributed by atoms with Crippen LogP contribution in [0.1, 0.15) is 113 Å². The smallest absolute Gasteiger partial charge is 0.381 e. The van der Waals surface area contributed by atoms with Crippen LogP contribution in [0.25, 0.3) is 10.4 Å². The second-order valence-electron chi connectivity index (χ2n) is 13.9. The highest BCUT2D eigenvalue weighted by atomic mass is 32.2. The third-order valence-corrected chi connectivity index (χ3v) is 10.8. The van der Waals surface area contributed by atoms with Gasteiger partial charge in [0.05, 0.1) is 21.0 Å². The molecule has 2 heterocycles. The lowest BCUT2D eigenvalue weighted by atomic mass is 9.83. The van der Waals surface area contributed by atoms with Gasteiger partial charge < -0.3 is 10.1 Å². The Morgan fingerprint density at radius 2 is 1.58 bits per heavy atom. The van der Waals surface area contributed by atoms with Gasteiger partial charge >= 0.3 is 6.18 Å². The first kappa shape index (κ1) is 33.9. The number of thiazole rings is 1. The molecule has 0 bridgehead atoms. The number of sulfonamides is 1. The van der Waals surface area contributed by atoms with Crippen LogP contribution in [0.3, 0.4) is 0 Å². The van der Waals surface area contributed by atoms with E-state index in [4.69, 9.17) is 9.72 Å². The molecule has 1 saturated carbocycles. The van der Waals surface area contributed by atoms with Crippen molar-refractivity contribution in [3.63, 3.8) is 0 Å². The molecule has 1 aromatic heterocycles. The van der Waals surface area contributed by atoms with Crippen LogP contribution in [0.4, 0.5) is 13.2 Å². The molecule has 1 aliphatic carbocycles. The highest BCUT2D eigenvalue weighted by molar-refractivity contribution is 7.89. The number of halogens is 3. The van der Waals surface area contributed by atoms with E-state index in [1.807, 2.05) is 0 Å². The van der Waals surface area contributed by atoms with E-state index in [2.05, 4.69) is 10.0 Å². The lowest BCUT2D eigenvalue weighted by molar-refractivity contribution is -0.140. The van der Waals surface area contributed by atoms with Gasteiger partial charge in [0.15, 0.2) is 5.01 Å². The minimum atomic E-state index is -4.95. The summed E-state index contributed by atoms with van der Waals surface area (Å²) in [6.45, 7) is 11.0. The normalized spacial score (nSPS) is 18.2. The van der Waals surface area contributed by atoms with E-state index < -0.39 is 37.6 Å². The fourth-order valence-electron chi connectivity index (χ4n) is 5.84. The third-order valence-electron chi connectivity index (χ3n) is 7.83. The maximum Gasteiger partial charge on any atom is 0.417 e. The molecule has 2 aromatic rings. The van der Waals surface area contributed by atoms with Gasteiger partial charge in [0.1, 0.15) is 0 Å². The summed E-state index contributed by atoms with van der Waals surface area (Å²) in [7, 11) is -4.56. The summed E-state index contributed by atoms with van der Waals surface area (Å²) in [6.07, 6.45) is 2.28. The number of hydrogen-bond donors (Lipinski definition) is 2. The zero-order valence-electron chi connectivity index (χ0n) is 25.9. The Balaban J connectivity index is 1.89. The summed E-state index contributed by atoms with van der Waals surface area (Å²) in [4.78, 5) is 17.7. The molecular formula is C31H44F3N3O4S2. The summed E-state index contributed by atoms with van der Waals surface area (Å²) < 4.78 is 79.2. The van der Waals surface area contributed by atoms with Gasteiger partial charge in [-0.05, 0) is 74.6 Å². The second-order valence-corrected chi connectivity index (χ2v) is 16.5. The Bertz CT molecular complexity index is 1380. The van der Waals surface area contributed by atoms with Crippen LogP contribution in [0.15, 0.2) is 17.0 Å². The van der Waals surface area contributed by atoms with Gasteiger partial charge in [-0.25, -0.2) is 18.1 Å². The molecule has 12 heteroatoms. The van der Waals surface area contributed by atoms with E-state index in [-0.39, 0.29) is 28.1 Å². The number of ether oxygens (including phenoxy) is 1. The van der Waals surface area contributed by atoms with Crippen molar-refractivity contribution in [3.05, 3.63) is 34.0 Å². The van der Waals surface area contributed by atoms with Crippen LogP contribution in [0, 0.1) is 5.92 Å². The molecule has 0 unspecified atom stereocenters. The van der Waals surface area contributed by atoms with E-state index in [1.54, 1.807) is 47.6 Å². The predicted molar refractivity (Wildman–Crippen MR) is 163 cm³/mol. The van der Waals surface area contributed by atoms with Crippen molar-refractivity contribution in [1.82, 2.24) is 15.0 Å². The number of carbonyl (C=O) groups excluding carboxylic acids is 1. The van der Waals surface area contributed by atoms with Gasteiger partial charge in [-0.1, -0.05) is 52.9 Å². The maximum atomic E-state index is 14.8. The average Bonchev–Trinajstić information content (AvgIpc) is 3.30. The molecule has 2 fully saturated rings. The van der Waals surface area contributed by atoms with Crippen molar-refractivity contribution in [3.8, 4) is 10.4 Å². The van der Waals surface area contributed by atoms with Crippen molar-refractivity contribution in [1.29, 1.82) is 0 Å². The summed E-state index contributed by atoms with van der Waals surface area (Å²) in [5.41, 5.74) is -2.30. The molecule has 2 N–H and O–H groups in total. The Labute approximate surface area is 257 Å². The number of nitrogens with one attached hydrogen (secondary N) is 2. The molecule has 2 aliphatic rings. The zero-order chi connectivity index (χ0) is 31.8. The molecule has 0 radical (unpaired) electrons. The van der Waals surface area contributed by atoms with E-state index >= 15 is 0 Å². The molecule has 4 rings (SSSR count). The maximum absolute atomic E-state index is 14.8. The van der Waals surface area contributed by atoms with Crippen LogP contribution >= 0.6 is 11.3 Å². The fraction of sp³-hybridized carbons (Fsp3) is 0.677. The van der Waals surface area contributed by atoms with Crippen molar-refractivity contribution < 1.29 is 31.1 Å². The highest BCUT2D eigenvalue weighted by Gasteiger charge is 2.42. The van der Waals surface area contributed by atoms with Crippen molar-refractivity contribution >= 4 is 27.3 Å². The molecule has 1 saturated heterocycles. The van der Waals surface area contributed by atoms with Gasteiger partial charge in [-0.3, -0.25) is 4.79 Å². The van der Waals surface area contributed by atoms with Crippen molar-refractivity contribution in [2.75, 3.05) is 13.2 Å². The van der Waals surface area contributed by atoms with Gasteiger partial charge in [0.2, 0.25) is 10.0 Å². The third kappa shape index (κ3) is 8.58. The SMILES string of the molecule is CC(C)(C)NS(=O)(=O)c1c(C(C)(C)C)cc(-c2sc(C(=O)NC3CCOCC3)nc2CC2CCCCC2)cc1C(F)(F)F. The first-order chi connectivity index (χ1) is 19.8. The van der Waals surface area contributed by atoms with Gasteiger partial charge in [0, 0.05) is 24.8 Å². The van der Waals surface area contributed by atoms with E-state index in [0.29, 0.717) is 49.0 Å². The first-order valence-corrected chi connectivity index (χ1v) is 17.3. The first-order valence-electron chi connectivity index (χ1n) is 15.0. The van der Waals surface area contributed by atoms with Crippen LogP contribution in [0.5, 0.6) is 0 Å². The molecule has 1 amide bonds. The summed E-state index contributed by atoms with van der Waals surface area (Å²) >= 11 is 1.07. The van der Waals surface area contributed by atoms with Gasteiger partial charge in [0.25, 0.3) is 5.91 Å². The fourth-order valence-corrected chi connectivity index (χ4v) is 8.85. The quantitative estimate of drug-likeness (QED) is 0.332. The summed E-state index contributed by atoms with van der Waals surface area (Å²) in [5.74, 6) is -0.0328. The van der Waals surface area contributed by atoms with E-state index in [9.17, 15) is 26.4 Å².